The van der Waals surface area contributed by atoms with Gasteiger partial charge in [0.05, 0.1) is 12.2 Å². The van der Waals surface area contributed by atoms with Gasteiger partial charge in [0.15, 0.2) is 5.11 Å². The van der Waals surface area contributed by atoms with E-state index < -0.39 is 11.7 Å². The molecule has 0 saturated carbocycles. The van der Waals surface area contributed by atoms with E-state index >= 15 is 0 Å². The summed E-state index contributed by atoms with van der Waals surface area (Å²) in [7, 11) is 0. The van der Waals surface area contributed by atoms with Crippen molar-refractivity contribution in [3.8, 4) is 0 Å². The third kappa shape index (κ3) is 4.50. The number of rotatable bonds is 4. The topological polar surface area (TPSA) is 44.3 Å². The number of aliphatic hydroxyl groups excluding tert-OH is 1. The second-order valence-corrected chi connectivity index (χ2v) is 3.90. The van der Waals surface area contributed by atoms with Crippen molar-refractivity contribution in [3.05, 3.63) is 35.4 Å². The van der Waals surface area contributed by atoms with Crippen LogP contribution in [0.15, 0.2) is 24.3 Å². The minimum atomic E-state index is -4.38. The minimum absolute atomic E-state index is 0.0209. The lowest BCUT2D eigenvalue weighted by Gasteiger charge is -2.14. The molecular weight excluding hydrogens is 265 g/mol. The monoisotopic (exact) mass is 278 g/mol. The zero-order chi connectivity index (χ0) is 13.6. The van der Waals surface area contributed by atoms with Crippen LogP contribution in [0, 0.1) is 0 Å². The molecule has 100 valence electrons. The summed E-state index contributed by atoms with van der Waals surface area (Å²) >= 11 is 4.84. The maximum absolute atomic E-state index is 12.7. The van der Waals surface area contributed by atoms with Crippen LogP contribution in [0.2, 0.25) is 0 Å². The largest absolute Gasteiger partial charge is 0.416 e. The molecule has 0 fully saturated rings. The molecule has 0 amide bonds. The van der Waals surface area contributed by atoms with E-state index in [1.54, 1.807) is 0 Å². The van der Waals surface area contributed by atoms with Crippen molar-refractivity contribution in [2.75, 3.05) is 13.2 Å². The van der Waals surface area contributed by atoms with E-state index in [0.29, 0.717) is 0 Å². The highest BCUT2D eigenvalue weighted by Crippen LogP contribution is 2.31. The van der Waals surface area contributed by atoms with Crippen LogP contribution in [0.4, 0.5) is 13.2 Å². The summed E-state index contributed by atoms with van der Waals surface area (Å²) in [5, 5.41) is 14.1. The summed E-state index contributed by atoms with van der Waals surface area (Å²) in [4.78, 5) is 0. The lowest BCUT2D eigenvalue weighted by molar-refractivity contribution is -0.138. The van der Waals surface area contributed by atoms with Gasteiger partial charge in [-0.1, -0.05) is 18.2 Å². The van der Waals surface area contributed by atoms with E-state index in [1.807, 2.05) is 0 Å². The van der Waals surface area contributed by atoms with Crippen LogP contribution < -0.4 is 10.6 Å². The van der Waals surface area contributed by atoms with Crippen LogP contribution in [-0.4, -0.2) is 23.4 Å². The van der Waals surface area contributed by atoms with Crippen molar-refractivity contribution in [1.82, 2.24) is 10.6 Å². The number of alkyl halides is 3. The highest BCUT2D eigenvalue weighted by atomic mass is 32.1. The number of benzene rings is 1. The Morgan fingerprint density at radius 3 is 2.50 bits per heavy atom. The van der Waals surface area contributed by atoms with Crippen LogP contribution >= 0.6 is 12.2 Å². The first-order chi connectivity index (χ1) is 8.45. The van der Waals surface area contributed by atoms with Crippen molar-refractivity contribution < 1.29 is 18.3 Å². The predicted molar refractivity (Wildman–Crippen MR) is 66.0 cm³/mol. The van der Waals surface area contributed by atoms with Gasteiger partial charge in [0.1, 0.15) is 0 Å². The van der Waals surface area contributed by atoms with E-state index in [4.69, 9.17) is 17.3 Å². The van der Waals surface area contributed by atoms with E-state index in [9.17, 15) is 13.2 Å². The molecule has 0 bridgehead atoms. The fourth-order valence-electron chi connectivity index (χ4n) is 1.36. The van der Waals surface area contributed by atoms with Crippen molar-refractivity contribution in [2.24, 2.45) is 0 Å². The third-order valence-electron chi connectivity index (χ3n) is 2.16. The van der Waals surface area contributed by atoms with E-state index in [2.05, 4.69) is 10.6 Å². The zero-order valence-corrected chi connectivity index (χ0v) is 10.2. The molecule has 1 rings (SSSR count). The van der Waals surface area contributed by atoms with Gasteiger partial charge < -0.3 is 15.7 Å². The normalized spacial score (nSPS) is 11.1. The number of nitrogens with one attached hydrogen (secondary N) is 2. The Bertz CT molecular complexity index is 410. The van der Waals surface area contributed by atoms with Crippen LogP contribution in [0.25, 0.3) is 0 Å². The summed E-state index contributed by atoms with van der Waals surface area (Å²) < 4.78 is 38.0. The number of aliphatic hydroxyl groups is 1. The van der Waals surface area contributed by atoms with E-state index in [0.717, 1.165) is 6.07 Å². The third-order valence-corrected chi connectivity index (χ3v) is 2.45. The average Bonchev–Trinajstić information content (AvgIpc) is 2.33. The minimum Gasteiger partial charge on any atom is -0.395 e. The van der Waals surface area contributed by atoms with Crippen molar-refractivity contribution in [1.29, 1.82) is 0 Å². The van der Waals surface area contributed by atoms with Crippen LogP contribution in [0.5, 0.6) is 0 Å². The fourth-order valence-corrected chi connectivity index (χ4v) is 1.53. The van der Waals surface area contributed by atoms with Gasteiger partial charge in [-0.3, -0.25) is 0 Å². The molecule has 0 saturated heterocycles. The summed E-state index contributed by atoms with van der Waals surface area (Å²) in [6.45, 7) is 0.140. The number of hydrogen-bond donors (Lipinski definition) is 3. The quantitative estimate of drug-likeness (QED) is 0.733. The molecule has 1 aromatic carbocycles. The van der Waals surface area contributed by atoms with Gasteiger partial charge in [0.2, 0.25) is 0 Å². The first kappa shape index (κ1) is 14.7. The molecule has 0 aromatic heterocycles. The van der Waals surface area contributed by atoms with Gasteiger partial charge in [-0.25, -0.2) is 0 Å². The highest BCUT2D eigenvalue weighted by Gasteiger charge is 2.32. The number of thiocarbonyl (C=S) groups is 1. The Morgan fingerprint density at radius 1 is 1.22 bits per heavy atom. The Labute approximate surface area is 108 Å². The van der Waals surface area contributed by atoms with Gasteiger partial charge in [0.25, 0.3) is 0 Å². The van der Waals surface area contributed by atoms with Crippen LogP contribution in [-0.2, 0) is 12.7 Å². The molecule has 0 radical (unpaired) electrons. The molecule has 0 aliphatic carbocycles. The molecule has 0 aliphatic heterocycles. The molecular formula is C11H13F3N2OS. The number of hydrogen-bond acceptors (Lipinski definition) is 2. The Hall–Kier alpha value is -1.34. The summed E-state index contributed by atoms with van der Waals surface area (Å²) in [5.74, 6) is 0. The second kappa shape index (κ2) is 6.55. The highest BCUT2D eigenvalue weighted by molar-refractivity contribution is 7.80. The van der Waals surface area contributed by atoms with Gasteiger partial charge in [-0.05, 0) is 23.8 Å². The van der Waals surface area contributed by atoms with E-state index in [-0.39, 0.29) is 30.4 Å². The first-order valence-corrected chi connectivity index (χ1v) is 5.63. The van der Waals surface area contributed by atoms with Gasteiger partial charge in [-0.2, -0.15) is 13.2 Å². The summed E-state index contributed by atoms with van der Waals surface area (Å²) in [5.41, 5.74) is -0.555. The lowest BCUT2D eigenvalue weighted by atomic mass is 10.1. The molecule has 0 atom stereocenters. The SMILES string of the molecule is OCCNC(=S)NCc1ccccc1C(F)(F)F. The molecule has 3 nitrogen and oxygen atoms in total. The standard InChI is InChI=1S/C11H13F3N2OS/c12-11(13,14)9-4-2-1-3-8(9)7-16-10(18)15-5-6-17/h1-4,17H,5-7H2,(H2,15,16,18). The smallest absolute Gasteiger partial charge is 0.395 e. The molecule has 7 heteroatoms. The summed E-state index contributed by atoms with van der Waals surface area (Å²) in [6.07, 6.45) is -4.38. The average molecular weight is 278 g/mol. The molecule has 3 N–H and O–H groups in total. The second-order valence-electron chi connectivity index (χ2n) is 3.49. The molecule has 0 spiro atoms. The van der Waals surface area contributed by atoms with Crippen LogP contribution in [0.1, 0.15) is 11.1 Å². The van der Waals surface area contributed by atoms with Crippen molar-refractivity contribution >= 4 is 17.3 Å². The summed E-state index contributed by atoms with van der Waals surface area (Å²) in [6, 6.07) is 5.30. The van der Waals surface area contributed by atoms with E-state index in [1.165, 1.54) is 18.2 Å². The Kier molecular flexibility index (Phi) is 5.36. The maximum Gasteiger partial charge on any atom is 0.416 e. The van der Waals surface area contributed by atoms with Gasteiger partial charge >= 0.3 is 6.18 Å². The molecule has 18 heavy (non-hydrogen) atoms. The zero-order valence-electron chi connectivity index (χ0n) is 9.42. The number of halogens is 3. The predicted octanol–water partition coefficient (Wildman–Crippen LogP) is 1.66. The fraction of sp³-hybridized carbons (Fsp3) is 0.364. The molecule has 1 aromatic rings. The Morgan fingerprint density at radius 2 is 1.89 bits per heavy atom. The Balaban J connectivity index is 2.65. The molecule has 0 heterocycles. The van der Waals surface area contributed by atoms with Crippen molar-refractivity contribution in [3.63, 3.8) is 0 Å². The van der Waals surface area contributed by atoms with Crippen molar-refractivity contribution in [2.45, 2.75) is 12.7 Å². The first-order valence-electron chi connectivity index (χ1n) is 5.23. The molecule has 0 unspecified atom stereocenters. The maximum atomic E-state index is 12.7. The molecule has 0 aliphatic rings. The van der Waals surface area contributed by atoms with Gasteiger partial charge in [-0.15, -0.1) is 0 Å². The van der Waals surface area contributed by atoms with Crippen LogP contribution in [0.3, 0.4) is 0 Å². The lowest BCUT2D eigenvalue weighted by Crippen LogP contribution is -2.36. The van der Waals surface area contributed by atoms with Gasteiger partial charge in [0, 0.05) is 13.1 Å².